The Hall–Kier alpha value is -3.14. The number of amides is 2. The van der Waals surface area contributed by atoms with Crippen LogP contribution in [0.5, 0.6) is 0 Å². The minimum atomic E-state index is -0.196. The van der Waals surface area contributed by atoms with Gasteiger partial charge >= 0.3 is 0 Å². The maximum Gasteiger partial charge on any atom is 0.227 e. The van der Waals surface area contributed by atoms with Crippen molar-refractivity contribution >= 4 is 11.8 Å². The lowest BCUT2D eigenvalue weighted by molar-refractivity contribution is -0.122. The summed E-state index contributed by atoms with van der Waals surface area (Å²) in [4.78, 5) is 27.5. The van der Waals surface area contributed by atoms with E-state index < -0.39 is 0 Å². The summed E-state index contributed by atoms with van der Waals surface area (Å²) in [5.41, 5.74) is 2.11. The molecule has 2 N–H and O–H groups in total. The fourth-order valence-corrected chi connectivity index (χ4v) is 2.35. The van der Waals surface area contributed by atoms with Gasteiger partial charge in [-0.1, -0.05) is 49.2 Å². The van der Waals surface area contributed by atoms with Crippen LogP contribution in [0, 0.1) is 12.3 Å². The molecule has 1 aromatic heterocycles. The summed E-state index contributed by atoms with van der Waals surface area (Å²) in [5.74, 6) is 3.31. The molecule has 0 atom stereocenters. The minimum Gasteiger partial charge on any atom is -0.356 e. The lowest BCUT2D eigenvalue weighted by Crippen LogP contribution is -2.30. The third kappa shape index (κ3) is 6.59. The maximum atomic E-state index is 11.8. The molecule has 1 heterocycles. The van der Waals surface area contributed by atoms with Gasteiger partial charge in [0, 0.05) is 31.4 Å². The van der Waals surface area contributed by atoms with Crippen molar-refractivity contribution in [1.82, 2.24) is 20.8 Å². The first-order valence-electron chi connectivity index (χ1n) is 8.89. The first kappa shape index (κ1) is 20.2. The van der Waals surface area contributed by atoms with Crippen molar-refractivity contribution in [2.45, 2.75) is 39.0 Å². The number of rotatable bonds is 9. The number of nitrogens with one attached hydrogen (secondary N) is 2. The zero-order valence-electron chi connectivity index (χ0n) is 15.6. The van der Waals surface area contributed by atoms with Gasteiger partial charge in [0.15, 0.2) is 0 Å². The van der Waals surface area contributed by atoms with Crippen LogP contribution in [-0.2, 0) is 16.0 Å². The zero-order valence-corrected chi connectivity index (χ0v) is 15.6. The van der Waals surface area contributed by atoms with Crippen LogP contribution in [0.4, 0.5) is 0 Å². The van der Waals surface area contributed by atoms with E-state index in [0.29, 0.717) is 24.1 Å². The number of nitrogens with zero attached hydrogens (tertiary/aromatic N) is 2. The average Bonchev–Trinajstić information content (AvgIpc) is 3.14. The number of aryl methyl sites for hydroxylation is 1. The molecule has 0 saturated carbocycles. The summed E-state index contributed by atoms with van der Waals surface area (Å²) >= 11 is 0. The van der Waals surface area contributed by atoms with Gasteiger partial charge in [0.25, 0.3) is 0 Å². The van der Waals surface area contributed by atoms with E-state index >= 15 is 0 Å². The second kappa shape index (κ2) is 10.1. The third-order valence-corrected chi connectivity index (χ3v) is 3.93. The van der Waals surface area contributed by atoms with Crippen molar-refractivity contribution in [3.05, 3.63) is 35.7 Å². The van der Waals surface area contributed by atoms with Crippen LogP contribution in [0.2, 0.25) is 0 Å². The highest BCUT2D eigenvalue weighted by Crippen LogP contribution is 2.20. The maximum absolute atomic E-state index is 11.8. The number of hydrogen-bond donors (Lipinski definition) is 2. The molecule has 27 heavy (non-hydrogen) atoms. The van der Waals surface area contributed by atoms with Gasteiger partial charge < -0.3 is 15.2 Å². The minimum absolute atomic E-state index is 0.180. The number of benzene rings is 1. The molecule has 0 aliphatic heterocycles. The van der Waals surface area contributed by atoms with Gasteiger partial charge in [0.1, 0.15) is 0 Å². The molecular formula is C20H24N4O3. The topological polar surface area (TPSA) is 97.1 Å². The van der Waals surface area contributed by atoms with E-state index in [1.54, 1.807) is 0 Å². The van der Waals surface area contributed by atoms with E-state index in [0.717, 1.165) is 5.56 Å². The molecule has 2 amide bonds. The monoisotopic (exact) mass is 368 g/mol. The van der Waals surface area contributed by atoms with Crippen molar-refractivity contribution in [1.29, 1.82) is 0 Å². The van der Waals surface area contributed by atoms with Crippen molar-refractivity contribution in [2.24, 2.45) is 0 Å². The fraction of sp³-hybridized carbons (Fsp3) is 0.400. The standard InChI is InChI=1S/C20H24N4O3/c1-4-12-21-18(26)11-13-22-17(25)9-10-19-23-20(24-27-19)16-7-5-15(6-8-16)14(2)3/h1,5-8,14H,9-13H2,2-3H3,(H,21,26)(H,22,25). The van der Waals surface area contributed by atoms with Crippen LogP contribution >= 0.6 is 0 Å². The molecule has 0 radical (unpaired) electrons. The molecule has 0 aliphatic carbocycles. The molecule has 142 valence electrons. The second-order valence-electron chi connectivity index (χ2n) is 6.37. The molecule has 7 nitrogen and oxygen atoms in total. The van der Waals surface area contributed by atoms with Crippen LogP contribution < -0.4 is 10.6 Å². The summed E-state index contributed by atoms with van der Waals surface area (Å²) in [6, 6.07) is 8.01. The molecular weight excluding hydrogens is 344 g/mol. The highest BCUT2D eigenvalue weighted by atomic mass is 16.5. The Balaban J connectivity index is 1.76. The van der Waals surface area contributed by atoms with Gasteiger partial charge in [0.2, 0.25) is 23.5 Å². The smallest absolute Gasteiger partial charge is 0.227 e. The normalized spacial score (nSPS) is 10.4. The Morgan fingerprint density at radius 2 is 1.85 bits per heavy atom. The van der Waals surface area contributed by atoms with Gasteiger partial charge in [-0.2, -0.15) is 4.98 Å². The van der Waals surface area contributed by atoms with Crippen LogP contribution in [-0.4, -0.2) is 35.0 Å². The van der Waals surface area contributed by atoms with Gasteiger partial charge in [0.05, 0.1) is 6.54 Å². The molecule has 0 saturated heterocycles. The van der Waals surface area contributed by atoms with Crippen LogP contribution in [0.1, 0.15) is 44.1 Å². The predicted octanol–water partition coefficient (Wildman–Crippen LogP) is 2.05. The Bertz CT molecular complexity index is 803. The highest BCUT2D eigenvalue weighted by Gasteiger charge is 2.11. The van der Waals surface area contributed by atoms with E-state index in [1.165, 1.54) is 5.56 Å². The summed E-state index contributed by atoms with van der Waals surface area (Å²) in [5, 5.41) is 9.17. The van der Waals surface area contributed by atoms with E-state index in [2.05, 4.69) is 40.5 Å². The molecule has 1 aromatic carbocycles. The molecule has 0 spiro atoms. The van der Waals surface area contributed by atoms with E-state index in [-0.39, 0.29) is 37.7 Å². The van der Waals surface area contributed by atoms with Crippen LogP contribution in [0.25, 0.3) is 11.4 Å². The summed E-state index contributed by atoms with van der Waals surface area (Å²) in [6.45, 7) is 4.71. The van der Waals surface area contributed by atoms with Crippen LogP contribution in [0.15, 0.2) is 28.8 Å². The van der Waals surface area contributed by atoms with Crippen LogP contribution in [0.3, 0.4) is 0 Å². The number of aromatic nitrogens is 2. The van der Waals surface area contributed by atoms with Crippen molar-refractivity contribution < 1.29 is 14.1 Å². The van der Waals surface area contributed by atoms with Crippen molar-refractivity contribution in [2.75, 3.05) is 13.1 Å². The molecule has 0 bridgehead atoms. The number of carbonyl (C=O) groups is 2. The number of carbonyl (C=O) groups excluding carboxylic acids is 2. The first-order chi connectivity index (χ1) is 13.0. The predicted molar refractivity (Wildman–Crippen MR) is 102 cm³/mol. The molecule has 0 unspecified atom stereocenters. The molecule has 2 aromatic rings. The Morgan fingerprint density at radius 3 is 2.52 bits per heavy atom. The fourth-order valence-electron chi connectivity index (χ4n) is 2.35. The van der Waals surface area contributed by atoms with E-state index in [4.69, 9.17) is 10.9 Å². The SMILES string of the molecule is C#CCNC(=O)CCNC(=O)CCc1nc(-c2ccc(C(C)C)cc2)no1. The first-order valence-corrected chi connectivity index (χ1v) is 8.89. The quantitative estimate of drug-likeness (QED) is 0.660. The Kier molecular flexibility index (Phi) is 7.56. The van der Waals surface area contributed by atoms with Gasteiger partial charge in [-0.25, -0.2) is 0 Å². The van der Waals surface area contributed by atoms with Gasteiger partial charge in [-0.05, 0) is 11.5 Å². The average molecular weight is 368 g/mol. The molecule has 2 rings (SSSR count). The lowest BCUT2D eigenvalue weighted by atomic mass is 10.0. The second-order valence-corrected chi connectivity index (χ2v) is 6.37. The number of terminal acetylenes is 1. The lowest BCUT2D eigenvalue weighted by Gasteiger charge is -2.04. The third-order valence-electron chi connectivity index (χ3n) is 3.93. The molecule has 0 aliphatic rings. The summed E-state index contributed by atoms with van der Waals surface area (Å²) in [7, 11) is 0. The van der Waals surface area contributed by atoms with Gasteiger partial charge in [-0.3, -0.25) is 9.59 Å². The Morgan fingerprint density at radius 1 is 1.15 bits per heavy atom. The Labute approximate surface area is 158 Å². The van der Waals surface area contributed by atoms with Gasteiger partial charge in [-0.15, -0.1) is 6.42 Å². The number of hydrogen-bond acceptors (Lipinski definition) is 5. The molecule has 0 fully saturated rings. The largest absolute Gasteiger partial charge is 0.356 e. The van der Waals surface area contributed by atoms with E-state index in [1.807, 2.05) is 24.3 Å². The summed E-state index contributed by atoms with van der Waals surface area (Å²) in [6.07, 6.45) is 5.78. The van der Waals surface area contributed by atoms with E-state index in [9.17, 15) is 9.59 Å². The highest BCUT2D eigenvalue weighted by molar-refractivity contribution is 5.79. The zero-order chi connectivity index (χ0) is 19.6. The molecule has 7 heteroatoms. The summed E-state index contributed by atoms with van der Waals surface area (Å²) < 4.78 is 5.21. The van der Waals surface area contributed by atoms with Crippen molar-refractivity contribution in [3.63, 3.8) is 0 Å². The van der Waals surface area contributed by atoms with Crippen molar-refractivity contribution in [3.8, 4) is 23.7 Å².